The maximum atomic E-state index is 13.2. The minimum absolute atomic E-state index is 0.133. The number of nitrogens with zero attached hydrogens (tertiary/aromatic N) is 4. The second-order valence-corrected chi connectivity index (χ2v) is 9.25. The van der Waals surface area contributed by atoms with E-state index in [4.69, 9.17) is 0 Å². The summed E-state index contributed by atoms with van der Waals surface area (Å²) in [5.41, 5.74) is 3.83. The quantitative estimate of drug-likeness (QED) is 0.403. The number of aromatic nitrogens is 2. The van der Waals surface area contributed by atoms with Gasteiger partial charge < -0.3 is 14.8 Å². The summed E-state index contributed by atoms with van der Waals surface area (Å²) in [7, 11) is 0. The molecule has 1 amide bonds. The first-order valence-corrected chi connectivity index (χ1v) is 12.7. The summed E-state index contributed by atoms with van der Waals surface area (Å²) in [5, 5.41) is 3.00. The van der Waals surface area contributed by atoms with Crippen molar-refractivity contribution in [1.82, 2.24) is 14.5 Å². The van der Waals surface area contributed by atoms with Crippen molar-refractivity contribution in [3.63, 3.8) is 0 Å². The zero-order valence-corrected chi connectivity index (χ0v) is 20.8. The highest BCUT2D eigenvalue weighted by Gasteiger charge is 2.21. The fourth-order valence-corrected chi connectivity index (χ4v) is 4.71. The maximum absolute atomic E-state index is 13.2. The molecule has 0 radical (unpaired) electrons. The molecule has 1 N–H and O–H groups in total. The second-order valence-electron chi connectivity index (χ2n) is 9.25. The molecule has 2 aromatic heterocycles. The topological polar surface area (TPSA) is 70.5 Å². The molecule has 0 spiro atoms. The molecule has 2 aromatic carbocycles. The molecular weight excluding hydrogens is 462 g/mol. The summed E-state index contributed by atoms with van der Waals surface area (Å²) in [6.45, 7) is 5.09. The van der Waals surface area contributed by atoms with E-state index in [1.165, 1.54) is 5.56 Å². The Bertz CT molecular complexity index is 1380. The number of carbonyl (C=O) groups excluding carboxylic acids is 1. The van der Waals surface area contributed by atoms with Crippen molar-refractivity contribution in [2.24, 2.45) is 0 Å². The fraction of sp³-hybridized carbons (Fsp3) is 0.233. The van der Waals surface area contributed by atoms with Gasteiger partial charge in [0.05, 0.1) is 17.9 Å². The van der Waals surface area contributed by atoms with E-state index in [1.807, 2.05) is 67.0 Å². The van der Waals surface area contributed by atoms with Gasteiger partial charge in [0.1, 0.15) is 5.56 Å². The molecule has 0 unspecified atom stereocenters. The molecule has 188 valence electrons. The number of carbonyl (C=O) groups is 1. The van der Waals surface area contributed by atoms with Crippen LogP contribution in [-0.4, -0.2) is 53.1 Å². The van der Waals surface area contributed by atoms with E-state index in [2.05, 4.69) is 32.2 Å². The monoisotopic (exact) mass is 493 g/mol. The first-order chi connectivity index (χ1) is 18.2. The summed E-state index contributed by atoms with van der Waals surface area (Å²) in [6.07, 6.45) is 6.40. The van der Waals surface area contributed by atoms with Crippen LogP contribution in [0, 0.1) is 0 Å². The zero-order chi connectivity index (χ0) is 25.5. The van der Waals surface area contributed by atoms with Gasteiger partial charge in [-0.05, 0) is 53.9 Å². The van der Waals surface area contributed by atoms with Crippen molar-refractivity contribution >= 4 is 17.3 Å². The van der Waals surface area contributed by atoms with Gasteiger partial charge in [0, 0.05) is 51.3 Å². The average molecular weight is 494 g/mol. The van der Waals surface area contributed by atoms with Crippen LogP contribution < -0.4 is 15.8 Å². The number of benzene rings is 2. The minimum atomic E-state index is -0.393. The highest BCUT2D eigenvalue weighted by molar-refractivity contribution is 6.05. The predicted molar refractivity (Wildman–Crippen MR) is 147 cm³/mol. The molecule has 1 aliphatic heterocycles. The molecule has 7 nitrogen and oxygen atoms in total. The van der Waals surface area contributed by atoms with Crippen LogP contribution >= 0.6 is 0 Å². The number of anilines is 2. The molecule has 4 aromatic rings. The largest absolute Gasteiger partial charge is 0.367 e. The third-order valence-corrected chi connectivity index (χ3v) is 6.79. The summed E-state index contributed by atoms with van der Waals surface area (Å²) in [6, 6.07) is 25.0. The van der Waals surface area contributed by atoms with Crippen molar-refractivity contribution in [2.75, 3.05) is 42.9 Å². The van der Waals surface area contributed by atoms with Crippen molar-refractivity contribution in [3.8, 4) is 0 Å². The average Bonchev–Trinajstić information content (AvgIpc) is 2.95. The molecule has 0 saturated carbocycles. The summed E-state index contributed by atoms with van der Waals surface area (Å²) < 4.78 is 1.57. The molecule has 0 bridgehead atoms. The van der Waals surface area contributed by atoms with Gasteiger partial charge in [-0.2, -0.15) is 0 Å². The van der Waals surface area contributed by atoms with Gasteiger partial charge in [0.2, 0.25) is 0 Å². The van der Waals surface area contributed by atoms with Crippen LogP contribution in [0.5, 0.6) is 0 Å². The highest BCUT2D eigenvalue weighted by Crippen LogP contribution is 2.27. The number of pyridine rings is 2. The minimum Gasteiger partial charge on any atom is -0.367 e. The van der Waals surface area contributed by atoms with Gasteiger partial charge >= 0.3 is 0 Å². The van der Waals surface area contributed by atoms with Gasteiger partial charge in [0.25, 0.3) is 11.5 Å². The van der Waals surface area contributed by atoms with Crippen molar-refractivity contribution in [3.05, 3.63) is 124 Å². The Labute approximate surface area is 217 Å². The van der Waals surface area contributed by atoms with E-state index in [-0.39, 0.29) is 11.1 Å². The van der Waals surface area contributed by atoms with Crippen molar-refractivity contribution in [2.45, 2.75) is 13.0 Å². The first kappa shape index (κ1) is 24.5. The molecule has 1 fully saturated rings. The third-order valence-electron chi connectivity index (χ3n) is 6.79. The van der Waals surface area contributed by atoms with E-state index in [0.717, 1.165) is 56.1 Å². The van der Waals surface area contributed by atoms with E-state index in [9.17, 15) is 9.59 Å². The number of hydrogen-bond donors (Lipinski definition) is 1. The lowest BCUT2D eigenvalue weighted by molar-refractivity contribution is 0.102. The lowest BCUT2D eigenvalue weighted by Crippen LogP contribution is -2.47. The van der Waals surface area contributed by atoms with Gasteiger partial charge in [0.15, 0.2) is 0 Å². The lowest BCUT2D eigenvalue weighted by atomic mass is 10.1. The van der Waals surface area contributed by atoms with Crippen LogP contribution in [0.2, 0.25) is 0 Å². The van der Waals surface area contributed by atoms with Crippen LogP contribution in [0.1, 0.15) is 21.5 Å². The smallest absolute Gasteiger partial charge is 0.263 e. The second kappa shape index (κ2) is 11.7. The number of hydrogen-bond acceptors (Lipinski definition) is 5. The Morgan fingerprint density at radius 3 is 2.32 bits per heavy atom. The highest BCUT2D eigenvalue weighted by atomic mass is 16.2. The van der Waals surface area contributed by atoms with Crippen molar-refractivity contribution in [1.29, 1.82) is 0 Å². The maximum Gasteiger partial charge on any atom is 0.263 e. The Kier molecular flexibility index (Phi) is 7.72. The lowest BCUT2D eigenvalue weighted by Gasteiger charge is -2.37. The first-order valence-electron chi connectivity index (χ1n) is 12.7. The molecule has 3 heterocycles. The molecule has 1 saturated heterocycles. The van der Waals surface area contributed by atoms with Crippen LogP contribution in [-0.2, 0) is 13.0 Å². The number of nitrogens with one attached hydrogen (secondary N) is 1. The molecule has 1 aliphatic rings. The normalized spacial score (nSPS) is 13.9. The van der Waals surface area contributed by atoms with Crippen LogP contribution in [0.4, 0.5) is 11.4 Å². The number of para-hydroxylation sites is 2. The van der Waals surface area contributed by atoms with Crippen LogP contribution in [0.15, 0.2) is 102 Å². The predicted octanol–water partition coefficient (Wildman–Crippen LogP) is 3.91. The van der Waals surface area contributed by atoms with E-state index in [0.29, 0.717) is 6.54 Å². The Morgan fingerprint density at radius 1 is 0.811 bits per heavy atom. The molecule has 0 atom stereocenters. The van der Waals surface area contributed by atoms with Crippen LogP contribution in [0.25, 0.3) is 0 Å². The molecule has 5 rings (SSSR count). The Balaban J connectivity index is 1.24. The van der Waals surface area contributed by atoms with Gasteiger partial charge in [-0.3, -0.25) is 19.5 Å². The Morgan fingerprint density at radius 2 is 1.54 bits per heavy atom. The zero-order valence-electron chi connectivity index (χ0n) is 20.8. The number of amides is 1. The van der Waals surface area contributed by atoms with Crippen LogP contribution in [0.3, 0.4) is 0 Å². The van der Waals surface area contributed by atoms with E-state index >= 15 is 0 Å². The molecule has 37 heavy (non-hydrogen) atoms. The molecular formula is C30H31N5O2. The summed E-state index contributed by atoms with van der Waals surface area (Å²) >= 11 is 0. The van der Waals surface area contributed by atoms with E-state index < -0.39 is 5.91 Å². The van der Waals surface area contributed by atoms with Crippen molar-refractivity contribution < 1.29 is 4.79 Å². The number of rotatable bonds is 8. The summed E-state index contributed by atoms with van der Waals surface area (Å²) in [4.78, 5) is 35.1. The van der Waals surface area contributed by atoms with Gasteiger partial charge in [-0.15, -0.1) is 0 Å². The third kappa shape index (κ3) is 6.13. The SMILES string of the molecule is O=C(Nc1ccccc1N1CCN(CCc2ccncc2)CC1)c1cccn(Cc2ccccc2)c1=O. The number of piperazine rings is 1. The fourth-order valence-electron chi connectivity index (χ4n) is 4.71. The van der Waals surface area contributed by atoms with Gasteiger partial charge in [-0.1, -0.05) is 42.5 Å². The Hall–Kier alpha value is -4.23. The standard InChI is InChI=1S/C30H31N5O2/c36-29(26-9-6-17-35(30(26)37)23-25-7-2-1-3-8-25)32-27-10-4-5-11-28(27)34-21-19-33(20-22-34)18-14-24-12-15-31-16-13-24/h1-13,15-17H,14,18-23H2,(H,32,36). The molecule has 7 heteroatoms. The van der Waals surface area contributed by atoms with Gasteiger partial charge in [-0.25, -0.2) is 0 Å². The molecule has 0 aliphatic carbocycles. The van der Waals surface area contributed by atoms with E-state index in [1.54, 1.807) is 22.9 Å². The summed E-state index contributed by atoms with van der Waals surface area (Å²) in [5.74, 6) is -0.393.